The van der Waals surface area contributed by atoms with E-state index in [2.05, 4.69) is 0 Å². The lowest BCUT2D eigenvalue weighted by Gasteiger charge is -2.28. The van der Waals surface area contributed by atoms with E-state index in [1.54, 1.807) is 0 Å². The molecule has 0 atom stereocenters. The largest absolute Gasteiger partial charge is 0.481 e. The van der Waals surface area contributed by atoms with E-state index in [4.69, 9.17) is 5.11 Å². The van der Waals surface area contributed by atoms with Crippen LogP contribution in [0.1, 0.15) is 20.3 Å². The number of carboxylic acid groups (broad SMARTS) is 1. The third-order valence-electron chi connectivity index (χ3n) is 2.04. The maximum absolute atomic E-state index is 11.9. The summed E-state index contributed by atoms with van der Waals surface area (Å²) in [5.74, 6) is -1.06. The first-order valence-electron chi connectivity index (χ1n) is 5.08. The van der Waals surface area contributed by atoms with Gasteiger partial charge >= 0.3 is 5.97 Å². The van der Waals surface area contributed by atoms with Crippen LogP contribution in [0.3, 0.4) is 0 Å². The highest BCUT2D eigenvalue weighted by Gasteiger charge is 2.28. The summed E-state index contributed by atoms with van der Waals surface area (Å²) < 4.78 is 25.7. The second-order valence-electron chi connectivity index (χ2n) is 4.54. The van der Waals surface area contributed by atoms with Crippen molar-refractivity contribution in [2.75, 3.05) is 27.2 Å². The number of nitrogens with zero attached hydrogens (tertiary/aromatic N) is 2. The molecule has 0 aromatic carbocycles. The molecule has 0 rings (SSSR count). The third-order valence-corrected chi connectivity index (χ3v) is 3.93. The Morgan fingerprint density at radius 3 is 2.06 bits per heavy atom. The molecule has 0 aromatic heterocycles. The van der Waals surface area contributed by atoms with Gasteiger partial charge in [0.05, 0.1) is 12.0 Å². The van der Waals surface area contributed by atoms with Crippen LogP contribution < -0.4 is 0 Å². The first kappa shape index (κ1) is 16.3. The van der Waals surface area contributed by atoms with E-state index in [1.807, 2.05) is 0 Å². The standard InChI is InChI=1S/C9H20N2O5S/c1-9(2,14)7-11(4)17(15,16)10(3)6-5-8(12)13/h14H,5-7H2,1-4H3,(H,12,13). The molecule has 0 saturated carbocycles. The zero-order valence-electron chi connectivity index (χ0n) is 10.5. The predicted octanol–water partition coefficient (Wildman–Crippen LogP) is -0.660. The zero-order valence-corrected chi connectivity index (χ0v) is 11.4. The molecule has 0 heterocycles. The molecule has 0 aliphatic carbocycles. The summed E-state index contributed by atoms with van der Waals surface area (Å²) in [6, 6.07) is 0. The number of aliphatic hydroxyl groups is 1. The van der Waals surface area contributed by atoms with E-state index in [9.17, 15) is 18.3 Å². The van der Waals surface area contributed by atoms with Crippen molar-refractivity contribution >= 4 is 16.2 Å². The lowest BCUT2D eigenvalue weighted by atomic mass is 10.1. The zero-order chi connectivity index (χ0) is 13.9. The Hall–Kier alpha value is -0.700. The molecular formula is C9H20N2O5S. The minimum absolute atomic E-state index is 0.0628. The molecule has 102 valence electrons. The van der Waals surface area contributed by atoms with Crippen LogP contribution in [0, 0.1) is 0 Å². The molecule has 17 heavy (non-hydrogen) atoms. The number of rotatable bonds is 7. The van der Waals surface area contributed by atoms with Gasteiger partial charge in [-0.15, -0.1) is 0 Å². The molecule has 0 bridgehead atoms. The van der Waals surface area contributed by atoms with Crippen LogP contribution >= 0.6 is 0 Å². The maximum Gasteiger partial charge on any atom is 0.304 e. The highest BCUT2D eigenvalue weighted by molar-refractivity contribution is 7.86. The van der Waals surface area contributed by atoms with Crippen LogP contribution in [-0.4, -0.2) is 66.0 Å². The molecule has 0 aliphatic rings. The lowest BCUT2D eigenvalue weighted by molar-refractivity contribution is -0.137. The minimum atomic E-state index is -3.72. The average molecular weight is 268 g/mol. The summed E-state index contributed by atoms with van der Waals surface area (Å²) in [4.78, 5) is 10.4. The van der Waals surface area contributed by atoms with Gasteiger partial charge < -0.3 is 10.2 Å². The van der Waals surface area contributed by atoms with Crippen LogP contribution in [0.5, 0.6) is 0 Å². The van der Waals surface area contributed by atoms with Crippen molar-refractivity contribution in [2.24, 2.45) is 0 Å². The highest BCUT2D eigenvalue weighted by Crippen LogP contribution is 2.10. The molecule has 0 aliphatic heterocycles. The molecule has 0 unspecified atom stereocenters. The monoisotopic (exact) mass is 268 g/mol. The minimum Gasteiger partial charge on any atom is -0.481 e. The van der Waals surface area contributed by atoms with Gasteiger partial charge in [-0.3, -0.25) is 4.79 Å². The Morgan fingerprint density at radius 2 is 1.71 bits per heavy atom. The number of hydrogen-bond donors (Lipinski definition) is 2. The van der Waals surface area contributed by atoms with Crippen LogP contribution in [0.2, 0.25) is 0 Å². The van der Waals surface area contributed by atoms with Gasteiger partial charge in [0.2, 0.25) is 0 Å². The van der Waals surface area contributed by atoms with E-state index in [-0.39, 0.29) is 19.5 Å². The fourth-order valence-electron chi connectivity index (χ4n) is 1.23. The van der Waals surface area contributed by atoms with Crippen LogP contribution in [0.25, 0.3) is 0 Å². The van der Waals surface area contributed by atoms with Crippen molar-refractivity contribution in [3.8, 4) is 0 Å². The Labute approximate surface area is 102 Å². The second-order valence-corrected chi connectivity index (χ2v) is 6.68. The van der Waals surface area contributed by atoms with Crippen molar-refractivity contribution in [1.29, 1.82) is 0 Å². The maximum atomic E-state index is 11.9. The van der Waals surface area contributed by atoms with Crippen LogP contribution in [-0.2, 0) is 15.0 Å². The Kier molecular flexibility index (Phi) is 5.53. The van der Waals surface area contributed by atoms with Gasteiger partial charge in [0.25, 0.3) is 10.2 Å². The van der Waals surface area contributed by atoms with Crippen molar-refractivity contribution < 1.29 is 23.4 Å². The number of carboxylic acids is 1. The molecular weight excluding hydrogens is 248 g/mol. The van der Waals surface area contributed by atoms with E-state index >= 15 is 0 Å². The Balaban J connectivity index is 4.60. The normalized spacial score (nSPS) is 13.4. The van der Waals surface area contributed by atoms with Crippen molar-refractivity contribution in [2.45, 2.75) is 25.9 Å². The summed E-state index contributed by atoms with van der Waals surface area (Å²) in [5.41, 5.74) is -1.14. The van der Waals surface area contributed by atoms with Gasteiger partial charge in [0, 0.05) is 27.2 Å². The highest BCUT2D eigenvalue weighted by atomic mass is 32.2. The smallest absolute Gasteiger partial charge is 0.304 e. The van der Waals surface area contributed by atoms with E-state index in [0.29, 0.717) is 0 Å². The van der Waals surface area contributed by atoms with Gasteiger partial charge in [-0.1, -0.05) is 0 Å². The summed E-state index contributed by atoms with van der Waals surface area (Å²) in [6.45, 7) is 2.83. The third kappa shape index (κ3) is 5.97. The molecule has 8 heteroatoms. The summed E-state index contributed by atoms with van der Waals surface area (Å²) >= 11 is 0. The first-order chi connectivity index (χ1) is 7.47. The number of likely N-dealkylation sites (N-methyl/N-ethyl adjacent to an activating group) is 1. The number of carbonyl (C=O) groups is 1. The number of aliphatic carboxylic acids is 1. The topological polar surface area (TPSA) is 98.2 Å². The second kappa shape index (κ2) is 5.76. The summed E-state index contributed by atoms with van der Waals surface area (Å²) in [6.07, 6.45) is -0.258. The molecule has 0 radical (unpaired) electrons. The van der Waals surface area contributed by atoms with Gasteiger partial charge in [-0.2, -0.15) is 17.0 Å². The van der Waals surface area contributed by atoms with Crippen molar-refractivity contribution in [3.05, 3.63) is 0 Å². The SMILES string of the molecule is CN(CCC(=O)O)S(=O)(=O)N(C)CC(C)(C)O. The summed E-state index contributed by atoms with van der Waals surface area (Å²) in [5, 5.41) is 18.0. The van der Waals surface area contributed by atoms with Crippen LogP contribution in [0.15, 0.2) is 0 Å². The van der Waals surface area contributed by atoms with Crippen LogP contribution in [0.4, 0.5) is 0 Å². The van der Waals surface area contributed by atoms with Crippen molar-refractivity contribution in [3.63, 3.8) is 0 Å². The molecule has 0 spiro atoms. The summed E-state index contributed by atoms with van der Waals surface area (Å²) in [7, 11) is -1.08. The lowest BCUT2D eigenvalue weighted by Crippen LogP contribution is -2.46. The average Bonchev–Trinajstić information content (AvgIpc) is 2.10. The predicted molar refractivity (Wildman–Crippen MR) is 62.7 cm³/mol. The Bertz CT molecular complexity index is 360. The van der Waals surface area contributed by atoms with E-state index in [1.165, 1.54) is 27.9 Å². The molecule has 2 N–H and O–H groups in total. The quantitative estimate of drug-likeness (QED) is 0.639. The van der Waals surface area contributed by atoms with Gasteiger partial charge in [0.1, 0.15) is 0 Å². The fraction of sp³-hybridized carbons (Fsp3) is 0.889. The first-order valence-corrected chi connectivity index (χ1v) is 6.48. The fourth-order valence-corrected chi connectivity index (χ4v) is 2.51. The molecule has 0 fully saturated rings. The molecule has 0 aromatic rings. The molecule has 0 saturated heterocycles. The van der Waals surface area contributed by atoms with Crippen molar-refractivity contribution in [1.82, 2.24) is 8.61 Å². The molecule has 7 nitrogen and oxygen atoms in total. The Morgan fingerprint density at radius 1 is 1.24 bits per heavy atom. The van der Waals surface area contributed by atoms with E-state index in [0.717, 1.165) is 8.61 Å². The molecule has 0 amide bonds. The van der Waals surface area contributed by atoms with Gasteiger partial charge in [0.15, 0.2) is 0 Å². The van der Waals surface area contributed by atoms with Gasteiger partial charge in [-0.25, -0.2) is 0 Å². The number of hydrogen-bond acceptors (Lipinski definition) is 4. The van der Waals surface area contributed by atoms with E-state index < -0.39 is 21.8 Å². The van der Waals surface area contributed by atoms with Gasteiger partial charge in [-0.05, 0) is 13.8 Å².